The highest BCUT2D eigenvalue weighted by Crippen LogP contribution is 2.36. The highest BCUT2D eigenvalue weighted by Gasteiger charge is 2.24. The summed E-state index contributed by atoms with van der Waals surface area (Å²) in [7, 11) is 0. The molecule has 3 rings (SSSR count). The molecule has 0 amide bonds. The minimum absolute atomic E-state index is 0.410. The minimum Gasteiger partial charge on any atom is -0.261 e. The van der Waals surface area contributed by atoms with Crippen LogP contribution in [0.1, 0.15) is 12.5 Å². The van der Waals surface area contributed by atoms with Crippen LogP contribution < -0.4 is 0 Å². The standard InChI is InChI=1S/C18H17N/c1-14(19-13-15-7-3-2-4-8-15)18-16-9-5-6-10-17(18)12-11-16/h2-13,16-17H,1H3. The second-order valence-electron chi connectivity index (χ2n) is 4.92. The molecule has 0 aromatic heterocycles. The number of nitrogens with zero attached hydrogens (tertiary/aromatic N) is 1. The Labute approximate surface area is 114 Å². The normalized spacial score (nSPS) is 24.2. The van der Waals surface area contributed by atoms with Crippen molar-refractivity contribution in [2.24, 2.45) is 16.8 Å². The molecule has 0 aliphatic heterocycles. The number of benzene rings is 1. The van der Waals surface area contributed by atoms with Gasteiger partial charge in [0, 0.05) is 23.7 Å². The second kappa shape index (κ2) is 5.23. The number of fused-ring (bicyclic) bond motifs is 2. The highest BCUT2D eigenvalue weighted by atomic mass is 14.7. The van der Waals surface area contributed by atoms with Crippen molar-refractivity contribution in [3.8, 4) is 0 Å². The summed E-state index contributed by atoms with van der Waals surface area (Å²) in [6.45, 7) is 2.11. The third-order valence-electron chi connectivity index (χ3n) is 3.62. The first-order valence-electron chi connectivity index (χ1n) is 6.68. The van der Waals surface area contributed by atoms with Crippen molar-refractivity contribution < 1.29 is 0 Å². The van der Waals surface area contributed by atoms with Crippen LogP contribution in [0, 0.1) is 11.8 Å². The van der Waals surface area contributed by atoms with E-state index < -0.39 is 0 Å². The van der Waals surface area contributed by atoms with Gasteiger partial charge >= 0.3 is 0 Å². The predicted molar refractivity (Wildman–Crippen MR) is 81.1 cm³/mol. The maximum Gasteiger partial charge on any atom is 0.0383 e. The molecule has 94 valence electrons. The minimum atomic E-state index is 0.410. The molecule has 1 aromatic rings. The zero-order valence-corrected chi connectivity index (χ0v) is 11.0. The summed E-state index contributed by atoms with van der Waals surface area (Å²) in [4.78, 5) is 4.65. The van der Waals surface area contributed by atoms with E-state index in [0.717, 1.165) is 11.3 Å². The van der Waals surface area contributed by atoms with Gasteiger partial charge in [0.15, 0.2) is 0 Å². The first-order chi connectivity index (χ1) is 9.34. The molecule has 2 atom stereocenters. The summed E-state index contributed by atoms with van der Waals surface area (Å²) >= 11 is 0. The van der Waals surface area contributed by atoms with Crippen molar-refractivity contribution in [2.45, 2.75) is 6.92 Å². The van der Waals surface area contributed by atoms with Gasteiger partial charge in [-0.15, -0.1) is 0 Å². The molecule has 2 bridgehead atoms. The number of hydrogen-bond donors (Lipinski definition) is 0. The fourth-order valence-electron chi connectivity index (χ4n) is 2.64. The quantitative estimate of drug-likeness (QED) is 0.545. The van der Waals surface area contributed by atoms with Gasteiger partial charge in [0.05, 0.1) is 0 Å². The SMILES string of the molecule is CC(N=Cc1ccccc1)=C1C2C=CC=CC1C=C2. The smallest absolute Gasteiger partial charge is 0.0383 e. The van der Waals surface area contributed by atoms with Gasteiger partial charge in [-0.2, -0.15) is 0 Å². The summed E-state index contributed by atoms with van der Waals surface area (Å²) in [5.41, 5.74) is 3.67. The average Bonchev–Trinajstić information content (AvgIpc) is 2.71. The van der Waals surface area contributed by atoms with Crippen molar-refractivity contribution in [2.75, 3.05) is 0 Å². The zero-order valence-electron chi connectivity index (χ0n) is 11.0. The lowest BCUT2D eigenvalue weighted by Gasteiger charge is -2.12. The largest absolute Gasteiger partial charge is 0.261 e. The maximum atomic E-state index is 4.65. The molecule has 2 aliphatic rings. The Hall–Kier alpha value is -2.15. The third-order valence-corrected chi connectivity index (χ3v) is 3.62. The Morgan fingerprint density at radius 2 is 1.58 bits per heavy atom. The molecule has 2 aliphatic carbocycles. The van der Waals surface area contributed by atoms with E-state index in [0.29, 0.717) is 11.8 Å². The van der Waals surface area contributed by atoms with Crippen molar-refractivity contribution in [3.05, 3.63) is 83.6 Å². The van der Waals surface area contributed by atoms with Crippen LogP contribution in [-0.4, -0.2) is 6.21 Å². The van der Waals surface area contributed by atoms with Gasteiger partial charge < -0.3 is 0 Å². The zero-order chi connectivity index (χ0) is 13.1. The van der Waals surface area contributed by atoms with E-state index in [1.165, 1.54) is 5.57 Å². The molecule has 1 heteroatoms. The first kappa shape index (κ1) is 11.9. The number of rotatable bonds is 2. The molecule has 0 radical (unpaired) electrons. The summed E-state index contributed by atoms with van der Waals surface area (Å²) in [5, 5.41) is 0. The van der Waals surface area contributed by atoms with Gasteiger partial charge in [0.1, 0.15) is 0 Å². The Morgan fingerprint density at radius 3 is 2.21 bits per heavy atom. The summed E-state index contributed by atoms with van der Waals surface area (Å²) in [6.07, 6.45) is 15.2. The summed E-state index contributed by atoms with van der Waals surface area (Å²) in [5.74, 6) is 0.820. The Morgan fingerprint density at radius 1 is 0.947 bits per heavy atom. The van der Waals surface area contributed by atoms with Crippen LogP contribution in [0.2, 0.25) is 0 Å². The Balaban J connectivity index is 1.89. The fourth-order valence-corrected chi connectivity index (χ4v) is 2.64. The molecule has 19 heavy (non-hydrogen) atoms. The van der Waals surface area contributed by atoms with Crippen molar-refractivity contribution >= 4 is 6.21 Å². The Bertz CT molecular complexity index is 576. The molecule has 0 spiro atoms. The van der Waals surface area contributed by atoms with E-state index >= 15 is 0 Å². The van der Waals surface area contributed by atoms with Crippen LogP contribution in [0.15, 0.2) is 83.1 Å². The molecule has 0 heterocycles. The van der Waals surface area contributed by atoms with E-state index in [-0.39, 0.29) is 0 Å². The number of hydrogen-bond acceptors (Lipinski definition) is 1. The van der Waals surface area contributed by atoms with Gasteiger partial charge in [-0.1, -0.05) is 66.8 Å². The Kier molecular flexibility index (Phi) is 3.28. The van der Waals surface area contributed by atoms with E-state index in [2.05, 4.69) is 60.5 Å². The lowest BCUT2D eigenvalue weighted by molar-refractivity contribution is 0.862. The predicted octanol–water partition coefficient (Wildman–Crippen LogP) is 4.31. The van der Waals surface area contributed by atoms with Gasteiger partial charge in [0.25, 0.3) is 0 Å². The van der Waals surface area contributed by atoms with Crippen LogP contribution in [0.5, 0.6) is 0 Å². The van der Waals surface area contributed by atoms with E-state index in [4.69, 9.17) is 0 Å². The lowest BCUT2D eigenvalue weighted by Crippen LogP contribution is -2.01. The topological polar surface area (TPSA) is 12.4 Å². The number of aliphatic imine (C=N–C) groups is 1. The van der Waals surface area contributed by atoms with E-state index in [1.807, 2.05) is 24.4 Å². The molecule has 0 fully saturated rings. The lowest BCUT2D eigenvalue weighted by atomic mass is 9.94. The van der Waals surface area contributed by atoms with Gasteiger partial charge in [0.2, 0.25) is 0 Å². The van der Waals surface area contributed by atoms with Crippen molar-refractivity contribution in [1.82, 2.24) is 0 Å². The fraction of sp³-hybridized carbons (Fsp3) is 0.167. The molecular formula is C18H17N. The third kappa shape index (κ3) is 2.50. The van der Waals surface area contributed by atoms with Crippen LogP contribution in [0.25, 0.3) is 0 Å². The van der Waals surface area contributed by atoms with Crippen LogP contribution in [-0.2, 0) is 0 Å². The van der Waals surface area contributed by atoms with Crippen molar-refractivity contribution in [1.29, 1.82) is 0 Å². The summed E-state index contributed by atoms with van der Waals surface area (Å²) in [6, 6.07) is 10.2. The summed E-state index contributed by atoms with van der Waals surface area (Å²) < 4.78 is 0. The van der Waals surface area contributed by atoms with Gasteiger partial charge in [-0.25, -0.2) is 0 Å². The second-order valence-corrected chi connectivity index (χ2v) is 4.92. The monoisotopic (exact) mass is 247 g/mol. The van der Waals surface area contributed by atoms with Crippen LogP contribution in [0.3, 0.4) is 0 Å². The number of allylic oxidation sites excluding steroid dienone is 8. The molecule has 0 N–H and O–H groups in total. The van der Waals surface area contributed by atoms with Gasteiger partial charge in [-0.05, 0) is 18.1 Å². The average molecular weight is 247 g/mol. The van der Waals surface area contributed by atoms with E-state index in [9.17, 15) is 0 Å². The van der Waals surface area contributed by atoms with Crippen LogP contribution >= 0.6 is 0 Å². The molecule has 2 unspecified atom stereocenters. The van der Waals surface area contributed by atoms with Crippen LogP contribution in [0.4, 0.5) is 0 Å². The molecule has 0 saturated carbocycles. The first-order valence-corrected chi connectivity index (χ1v) is 6.68. The highest BCUT2D eigenvalue weighted by molar-refractivity contribution is 5.80. The molecule has 1 aromatic carbocycles. The van der Waals surface area contributed by atoms with E-state index in [1.54, 1.807) is 0 Å². The maximum absolute atomic E-state index is 4.65. The van der Waals surface area contributed by atoms with Gasteiger partial charge in [-0.3, -0.25) is 4.99 Å². The molecule has 1 nitrogen and oxygen atoms in total. The molecular weight excluding hydrogens is 230 g/mol. The molecule has 0 saturated heterocycles. The van der Waals surface area contributed by atoms with Crippen molar-refractivity contribution in [3.63, 3.8) is 0 Å².